The summed E-state index contributed by atoms with van der Waals surface area (Å²) in [6.07, 6.45) is 1.52. The lowest BCUT2D eigenvalue weighted by molar-refractivity contribution is 0.0715. The van der Waals surface area contributed by atoms with Crippen LogP contribution >= 0.6 is 0 Å². The van der Waals surface area contributed by atoms with Crippen LogP contribution in [0.5, 0.6) is 11.5 Å². The summed E-state index contributed by atoms with van der Waals surface area (Å²) in [5.74, 6) is 1.46. The van der Waals surface area contributed by atoms with Crippen LogP contribution < -0.4 is 14.8 Å². The number of rotatable bonds is 4. The zero-order chi connectivity index (χ0) is 16.1. The van der Waals surface area contributed by atoms with Crippen molar-refractivity contribution in [3.63, 3.8) is 0 Å². The molecule has 1 aromatic carbocycles. The predicted molar refractivity (Wildman–Crippen MR) is 85.5 cm³/mol. The SMILES string of the molecule is CN(C[C@@H]1COc2ccccc2O1)C(=O)NCc1ccccn1. The number of hydrogen-bond acceptors (Lipinski definition) is 4. The third-order valence-corrected chi connectivity index (χ3v) is 3.54. The van der Waals surface area contributed by atoms with Gasteiger partial charge in [-0.2, -0.15) is 0 Å². The molecule has 120 valence electrons. The standard InChI is InChI=1S/C17H19N3O3/c1-20(17(21)19-10-13-6-4-5-9-18-13)11-14-12-22-15-7-2-3-8-16(15)23-14/h2-9,14H,10-12H2,1H3,(H,19,21)/t14-/m1/s1. The van der Waals surface area contributed by atoms with Crippen LogP contribution in [-0.2, 0) is 6.54 Å². The first-order valence-corrected chi connectivity index (χ1v) is 7.50. The summed E-state index contributed by atoms with van der Waals surface area (Å²) in [4.78, 5) is 17.9. The van der Waals surface area contributed by atoms with Crippen LogP contribution in [0, 0.1) is 0 Å². The van der Waals surface area contributed by atoms with Crippen molar-refractivity contribution in [2.24, 2.45) is 0 Å². The van der Waals surface area contributed by atoms with Gasteiger partial charge in [0.25, 0.3) is 0 Å². The first-order valence-electron chi connectivity index (χ1n) is 7.50. The van der Waals surface area contributed by atoms with E-state index in [1.165, 1.54) is 0 Å². The Morgan fingerprint density at radius 2 is 2.04 bits per heavy atom. The number of benzene rings is 1. The van der Waals surface area contributed by atoms with E-state index in [9.17, 15) is 4.79 Å². The molecule has 1 aliphatic heterocycles. The van der Waals surface area contributed by atoms with Gasteiger partial charge in [-0.1, -0.05) is 18.2 Å². The van der Waals surface area contributed by atoms with E-state index in [-0.39, 0.29) is 12.1 Å². The van der Waals surface area contributed by atoms with Gasteiger partial charge < -0.3 is 19.7 Å². The lowest BCUT2D eigenvalue weighted by Crippen LogP contribution is -2.45. The second-order valence-electron chi connectivity index (χ2n) is 5.36. The van der Waals surface area contributed by atoms with Crippen LogP contribution in [0.4, 0.5) is 4.79 Å². The molecule has 0 spiro atoms. The molecule has 23 heavy (non-hydrogen) atoms. The van der Waals surface area contributed by atoms with Crippen LogP contribution in [0.2, 0.25) is 0 Å². The van der Waals surface area contributed by atoms with Crippen LogP contribution in [0.1, 0.15) is 5.69 Å². The Balaban J connectivity index is 1.49. The van der Waals surface area contributed by atoms with E-state index in [1.807, 2.05) is 42.5 Å². The van der Waals surface area contributed by atoms with Gasteiger partial charge in [0.15, 0.2) is 17.6 Å². The molecular weight excluding hydrogens is 294 g/mol. The fraction of sp³-hybridized carbons (Fsp3) is 0.294. The Morgan fingerprint density at radius 3 is 2.83 bits per heavy atom. The van der Waals surface area contributed by atoms with Gasteiger partial charge in [0, 0.05) is 13.2 Å². The number of fused-ring (bicyclic) bond motifs is 1. The first kappa shape index (κ1) is 15.1. The van der Waals surface area contributed by atoms with Gasteiger partial charge >= 0.3 is 6.03 Å². The second kappa shape index (κ2) is 7.00. The average molecular weight is 313 g/mol. The quantitative estimate of drug-likeness (QED) is 0.938. The van der Waals surface area contributed by atoms with E-state index in [0.29, 0.717) is 25.4 Å². The molecule has 2 aromatic rings. The first-order chi connectivity index (χ1) is 11.2. The minimum atomic E-state index is -0.185. The number of nitrogens with zero attached hydrogens (tertiary/aromatic N) is 2. The molecule has 1 aromatic heterocycles. The zero-order valence-electron chi connectivity index (χ0n) is 12.9. The normalized spacial score (nSPS) is 15.8. The molecule has 0 radical (unpaired) electrons. The summed E-state index contributed by atoms with van der Waals surface area (Å²) in [5, 5.41) is 2.84. The molecule has 6 nitrogen and oxygen atoms in total. The summed E-state index contributed by atoms with van der Waals surface area (Å²) in [7, 11) is 1.73. The third-order valence-electron chi connectivity index (χ3n) is 3.54. The summed E-state index contributed by atoms with van der Waals surface area (Å²) in [6.45, 7) is 1.27. The smallest absolute Gasteiger partial charge is 0.317 e. The Labute approximate surface area is 135 Å². The minimum Gasteiger partial charge on any atom is -0.486 e. The highest BCUT2D eigenvalue weighted by molar-refractivity contribution is 5.73. The Kier molecular flexibility index (Phi) is 4.61. The van der Waals surface area contributed by atoms with E-state index in [4.69, 9.17) is 9.47 Å². The van der Waals surface area contributed by atoms with Crippen molar-refractivity contribution in [3.05, 3.63) is 54.4 Å². The maximum Gasteiger partial charge on any atom is 0.317 e. The number of carbonyl (C=O) groups is 1. The number of hydrogen-bond donors (Lipinski definition) is 1. The highest BCUT2D eigenvalue weighted by atomic mass is 16.6. The Morgan fingerprint density at radius 1 is 1.26 bits per heavy atom. The molecule has 2 amide bonds. The molecule has 1 aliphatic rings. The van der Waals surface area contributed by atoms with Gasteiger partial charge in [0.05, 0.1) is 18.8 Å². The topological polar surface area (TPSA) is 63.7 Å². The molecule has 1 atom stereocenters. The molecular formula is C17H19N3O3. The molecule has 0 fully saturated rings. The highest BCUT2D eigenvalue weighted by Gasteiger charge is 2.23. The van der Waals surface area contributed by atoms with Gasteiger partial charge in [0.1, 0.15) is 6.61 Å². The molecule has 1 N–H and O–H groups in total. The lowest BCUT2D eigenvalue weighted by atomic mass is 10.2. The molecule has 0 saturated carbocycles. The van der Waals surface area contributed by atoms with Gasteiger partial charge in [-0.25, -0.2) is 4.79 Å². The number of amides is 2. The zero-order valence-corrected chi connectivity index (χ0v) is 12.9. The molecule has 0 bridgehead atoms. The van der Waals surface area contributed by atoms with E-state index < -0.39 is 0 Å². The third kappa shape index (κ3) is 3.91. The lowest BCUT2D eigenvalue weighted by Gasteiger charge is -2.29. The van der Waals surface area contributed by atoms with Gasteiger partial charge in [0.2, 0.25) is 0 Å². The number of urea groups is 1. The summed E-state index contributed by atoms with van der Waals surface area (Å²) < 4.78 is 11.5. The number of aromatic nitrogens is 1. The number of carbonyl (C=O) groups excluding carboxylic acids is 1. The van der Waals surface area contributed by atoms with E-state index in [0.717, 1.165) is 11.4 Å². The number of ether oxygens (including phenoxy) is 2. The number of pyridine rings is 1. The van der Waals surface area contributed by atoms with Gasteiger partial charge in [-0.15, -0.1) is 0 Å². The molecule has 0 aliphatic carbocycles. The van der Waals surface area contributed by atoms with E-state index in [2.05, 4.69) is 10.3 Å². The van der Waals surface area contributed by atoms with Crippen molar-refractivity contribution >= 4 is 6.03 Å². The fourth-order valence-corrected chi connectivity index (χ4v) is 2.35. The maximum atomic E-state index is 12.1. The van der Waals surface area contributed by atoms with Crippen LogP contribution in [0.15, 0.2) is 48.7 Å². The van der Waals surface area contributed by atoms with Gasteiger partial charge in [-0.05, 0) is 24.3 Å². The predicted octanol–water partition coefficient (Wildman–Crippen LogP) is 2.06. The molecule has 0 unspecified atom stereocenters. The molecule has 3 rings (SSSR count). The number of likely N-dealkylation sites (N-methyl/N-ethyl adjacent to an activating group) is 1. The van der Waals surface area contributed by atoms with Crippen molar-refractivity contribution in [3.8, 4) is 11.5 Å². The van der Waals surface area contributed by atoms with E-state index in [1.54, 1.807) is 18.1 Å². The van der Waals surface area contributed by atoms with Crippen molar-refractivity contribution in [2.75, 3.05) is 20.2 Å². The largest absolute Gasteiger partial charge is 0.486 e. The summed E-state index contributed by atoms with van der Waals surface area (Å²) in [6, 6.07) is 13.0. The van der Waals surface area contributed by atoms with Crippen molar-refractivity contribution in [1.82, 2.24) is 15.2 Å². The van der Waals surface area contributed by atoms with Crippen molar-refractivity contribution in [1.29, 1.82) is 0 Å². The summed E-state index contributed by atoms with van der Waals surface area (Å²) >= 11 is 0. The highest BCUT2D eigenvalue weighted by Crippen LogP contribution is 2.30. The molecule has 0 saturated heterocycles. The maximum absolute atomic E-state index is 12.1. The van der Waals surface area contributed by atoms with Crippen LogP contribution in [-0.4, -0.2) is 42.2 Å². The second-order valence-corrected chi connectivity index (χ2v) is 5.36. The molecule has 6 heteroatoms. The van der Waals surface area contributed by atoms with Crippen LogP contribution in [0.25, 0.3) is 0 Å². The minimum absolute atomic E-state index is 0.168. The van der Waals surface area contributed by atoms with Crippen molar-refractivity contribution in [2.45, 2.75) is 12.6 Å². The molecule has 2 heterocycles. The van der Waals surface area contributed by atoms with Gasteiger partial charge in [-0.3, -0.25) is 4.98 Å². The number of nitrogens with one attached hydrogen (secondary N) is 1. The summed E-state index contributed by atoms with van der Waals surface area (Å²) in [5.41, 5.74) is 0.820. The monoisotopic (exact) mass is 313 g/mol. The van der Waals surface area contributed by atoms with E-state index >= 15 is 0 Å². The average Bonchev–Trinajstić information content (AvgIpc) is 2.60. The Hall–Kier alpha value is -2.76. The van der Waals surface area contributed by atoms with Crippen LogP contribution in [0.3, 0.4) is 0 Å². The fourth-order valence-electron chi connectivity index (χ4n) is 2.35. The Bertz CT molecular complexity index is 663. The van der Waals surface area contributed by atoms with Crippen molar-refractivity contribution < 1.29 is 14.3 Å². The number of para-hydroxylation sites is 2.